The summed E-state index contributed by atoms with van der Waals surface area (Å²) in [6.45, 7) is 17.5. The van der Waals surface area contributed by atoms with Crippen molar-refractivity contribution in [2.45, 2.75) is 72.5 Å². The molecule has 0 N–H and O–H groups in total. The van der Waals surface area contributed by atoms with Crippen molar-refractivity contribution < 1.29 is 9.22 Å². The zero-order valence-electron chi connectivity index (χ0n) is 14.7. The molecule has 2 saturated carbocycles. The number of carbonyl (C=O) groups is 1. The summed E-state index contributed by atoms with van der Waals surface area (Å²) in [6, 6.07) is 0. The largest absolute Gasteiger partial charge is 0.519 e. The Balaban J connectivity index is 2.32. The first-order chi connectivity index (χ1) is 9.51. The van der Waals surface area contributed by atoms with E-state index in [1.54, 1.807) is 0 Å². The molecule has 4 unspecified atom stereocenters. The SMILES string of the molecule is C=C1C(C)CCC2C1(C)CCCC2(C)C(=O)O[Si](C)(C)C. The molecule has 2 nitrogen and oxygen atoms in total. The Morgan fingerprint density at radius 1 is 1.24 bits per heavy atom. The molecular weight excluding hydrogens is 276 g/mol. The molecule has 0 bridgehead atoms. The maximum atomic E-state index is 12.9. The van der Waals surface area contributed by atoms with Crippen molar-refractivity contribution in [3.05, 3.63) is 12.2 Å². The van der Waals surface area contributed by atoms with Crippen LogP contribution in [0.3, 0.4) is 0 Å². The molecule has 2 aliphatic rings. The van der Waals surface area contributed by atoms with Crippen LogP contribution in [0.15, 0.2) is 12.2 Å². The van der Waals surface area contributed by atoms with Crippen molar-refractivity contribution in [2.24, 2.45) is 22.7 Å². The van der Waals surface area contributed by atoms with Gasteiger partial charge in [-0.15, -0.1) is 0 Å². The van der Waals surface area contributed by atoms with Crippen LogP contribution in [-0.2, 0) is 9.22 Å². The minimum absolute atomic E-state index is 0.0555. The van der Waals surface area contributed by atoms with E-state index in [2.05, 4.69) is 47.0 Å². The van der Waals surface area contributed by atoms with E-state index < -0.39 is 8.32 Å². The molecule has 0 saturated heterocycles. The zero-order valence-corrected chi connectivity index (χ0v) is 15.7. The van der Waals surface area contributed by atoms with Gasteiger partial charge in [0.25, 0.3) is 5.97 Å². The summed E-state index contributed by atoms with van der Waals surface area (Å²) in [5.74, 6) is 1.04. The Morgan fingerprint density at radius 3 is 2.43 bits per heavy atom. The van der Waals surface area contributed by atoms with Crippen LogP contribution >= 0.6 is 0 Å². The topological polar surface area (TPSA) is 26.3 Å². The van der Waals surface area contributed by atoms with Gasteiger partial charge >= 0.3 is 0 Å². The van der Waals surface area contributed by atoms with Crippen LogP contribution in [0.1, 0.15) is 52.9 Å². The average molecular weight is 309 g/mol. The average Bonchev–Trinajstić information content (AvgIpc) is 2.33. The maximum Gasteiger partial charge on any atom is 0.298 e. The first kappa shape index (κ1) is 16.8. The number of carbonyl (C=O) groups excluding carboxylic acids is 1. The highest BCUT2D eigenvalue weighted by Crippen LogP contribution is 2.61. The van der Waals surface area contributed by atoms with Crippen LogP contribution in [0.2, 0.25) is 19.6 Å². The molecule has 0 heterocycles. The lowest BCUT2D eigenvalue weighted by molar-refractivity contribution is -0.158. The van der Waals surface area contributed by atoms with Crippen molar-refractivity contribution in [3.8, 4) is 0 Å². The lowest BCUT2D eigenvalue weighted by atomic mass is 9.48. The van der Waals surface area contributed by atoms with Gasteiger partial charge in [-0.2, -0.15) is 0 Å². The van der Waals surface area contributed by atoms with Crippen LogP contribution < -0.4 is 0 Å². The van der Waals surface area contributed by atoms with Crippen LogP contribution in [0.5, 0.6) is 0 Å². The Labute approximate surface area is 131 Å². The quantitative estimate of drug-likeness (QED) is 0.520. The maximum absolute atomic E-state index is 12.9. The van der Waals surface area contributed by atoms with Gasteiger partial charge in [0.15, 0.2) is 0 Å². The molecule has 0 spiro atoms. The van der Waals surface area contributed by atoms with Gasteiger partial charge in [0.2, 0.25) is 8.32 Å². The second kappa shape index (κ2) is 5.26. The smallest absolute Gasteiger partial charge is 0.298 e. The fourth-order valence-electron chi connectivity index (χ4n) is 4.69. The van der Waals surface area contributed by atoms with E-state index in [-0.39, 0.29) is 16.8 Å². The van der Waals surface area contributed by atoms with Crippen molar-refractivity contribution >= 4 is 14.3 Å². The highest BCUT2D eigenvalue weighted by Gasteiger charge is 2.56. The highest BCUT2D eigenvalue weighted by molar-refractivity contribution is 6.71. The van der Waals surface area contributed by atoms with Crippen molar-refractivity contribution in [1.82, 2.24) is 0 Å². The molecule has 21 heavy (non-hydrogen) atoms. The standard InChI is InChI=1S/C18H32O2Si/c1-13-9-10-15-17(3,14(13)2)11-8-12-18(15,4)16(19)20-21(5,6)7/h13,15H,2,8-12H2,1,3-7H3. The predicted molar refractivity (Wildman–Crippen MR) is 90.5 cm³/mol. The molecule has 3 heteroatoms. The van der Waals surface area contributed by atoms with Gasteiger partial charge in [-0.3, -0.25) is 4.79 Å². The minimum atomic E-state index is -1.83. The minimum Gasteiger partial charge on any atom is -0.519 e. The Hall–Kier alpha value is -0.573. The predicted octanol–water partition coefficient (Wildman–Crippen LogP) is 5.16. The molecule has 0 amide bonds. The third-order valence-electron chi connectivity index (χ3n) is 6.01. The lowest BCUT2D eigenvalue weighted by Crippen LogP contribution is -2.53. The van der Waals surface area contributed by atoms with Crippen LogP contribution in [-0.4, -0.2) is 14.3 Å². The summed E-state index contributed by atoms with van der Waals surface area (Å²) in [5, 5.41) is 0. The Kier molecular flexibility index (Phi) is 4.20. The molecule has 2 fully saturated rings. The van der Waals surface area contributed by atoms with Crippen LogP contribution in [0.4, 0.5) is 0 Å². The molecule has 120 valence electrons. The van der Waals surface area contributed by atoms with E-state index in [4.69, 9.17) is 4.43 Å². The normalized spacial score (nSPS) is 40.6. The third-order valence-corrected chi connectivity index (χ3v) is 6.81. The number of fused-ring (bicyclic) bond motifs is 1. The van der Waals surface area contributed by atoms with Gasteiger partial charge in [-0.05, 0) is 69.5 Å². The summed E-state index contributed by atoms with van der Waals surface area (Å²) in [6.07, 6.45) is 5.55. The second-order valence-electron chi connectivity index (χ2n) is 8.75. The molecule has 0 aliphatic heterocycles. The lowest BCUT2D eigenvalue weighted by Gasteiger charge is -2.56. The van der Waals surface area contributed by atoms with Gasteiger partial charge in [0.05, 0.1) is 5.41 Å². The van der Waals surface area contributed by atoms with E-state index in [9.17, 15) is 4.79 Å². The zero-order chi connectivity index (χ0) is 16.1. The molecule has 0 radical (unpaired) electrons. The third kappa shape index (κ3) is 2.86. The number of hydrogen-bond donors (Lipinski definition) is 0. The first-order valence-corrected chi connectivity index (χ1v) is 11.8. The summed E-state index contributed by atoms with van der Waals surface area (Å²) in [5.41, 5.74) is 1.16. The van der Waals surface area contributed by atoms with Crippen molar-refractivity contribution in [1.29, 1.82) is 0 Å². The van der Waals surface area contributed by atoms with E-state index in [1.807, 2.05) is 0 Å². The fraction of sp³-hybridized carbons (Fsp3) is 0.833. The number of rotatable bonds is 2. The number of hydrogen-bond acceptors (Lipinski definition) is 2. The molecule has 2 aliphatic carbocycles. The summed E-state index contributed by atoms with van der Waals surface area (Å²) < 4.78 is 5.91. The van der Waals surface area contributed by atoms with Crippen molar-refractivity contribution in [2.75, 3.05) is 0 Å². The van der Waals surface area contributed by atoms with Gasteiger partial charge in [0.1, 0.15) is 0 Å². The molecule has 0 aromatic rings. The molecular formula is C18H32O2Si. The van der Waals surface area contributed by atoms with E-state index in [0.717, 1.165) is 25.7 Å². The fourth-order valence-corrected chi connectivity index (χ4v) is 5.48. The highest BCUT2D eigenvalue weighted by atomic mass is 28.4. The monoisotopic (exact) mass is 308 g/mol. The van der Waals surface area contributed by atoms with Gasteiger partial charge in [0, 0.05) is 0 Å². The molecule has 2 rings (SSSR count). The van der Waals surface area contributed by atoms with Crippen LogP contribution in [0.25, 0.3) is 0 Å². The second-order valence-corrected chi connectivity index (χ2v) is 13.2. The first-order valence-electron chi connectivity index (χ1n) is 8.43. The Morgan fingerprint density at radius 2 is 1.86 bits per heavy atom. The van der Waals surface area contributed by atoms with Crippen molar-refractivity contribution in [3.63, 3.8) is 0 Å². The van der Waals surface area contributed by atoms with Gasteiger partial charge < -0.3 is 4.43 Å². The van der Waals surface area contributed by atoms with Gasteiger partial charge in [-0.1, -0.05) is 32.4 Å². The molecule has 0 aromatic heterocycles. The van der Waals surface area contributed by atoms with Crippen LogP contribution in [0, 0.1) is 22.7 Å². The van der Waals surface area contributed by atoms with E-state index in [0.29, 0.717) is 11.8 Å². The summed E-state index contributed by atoms with van der Waals surface area (Å²) in [7, 11) is -1.83. The Bertz CT molecular complexity index is 451. The van der Waals surface area contributed by atoms with Gasteiger partial charge in [-0.25, -0.2) is 0 Å². The summed E-state index contributed by atoms with van der Waals surface area (Å²) in [4.78, 5) is 12.9. The summed E-state index contributed by atoms with van der Waals surface area (Å²) >= 11 is 0. The van der Waals surface area contributed by atoms with E-state index in [1.165, 1.54) is 12.0 Å². The molecule has 0 aromatic carbocycles. The molecule has 4 atom stereocenters. The van der Waals surface area contributed by atoms with E-state index >= 15 is 0 Å². The number of allylic oxidation sites excluding steroid dienone is 1.